The topological polar surface area (TPSA) is 41.5 Å². The third kappa shape index (κ3) is 5.14. The lowest BCUT2D eigenvalue weighted by Gasteiger charge is -2.18. The summed E-state index contributed by atoms with van der Waals surface area (Å²) in [6.45, 7) is 7.23. The fourth-order valence-corrected chi connectivity index (χ4v) is 2.48. The second-order valence-electron chi connectivity index (χ2n) is 6.22. The minimum Gasteiger partial charge on any atom is -0.491 e. The summed E-state index contributed by atoms with van der Waals surface area (Å²) < 4.78 is 5.69. The summed E-state index contributed by atoms with van der Waals surface area (Å²) in [5, 5.41) is 13.4. The van der Waals surface area contributed by atoms with Crippen LogP contribution in [0.4, 0.5) is 0 Å². The molecule has 1 saturated carbocycles. The van der Waals surface area contributed by atoms with Gasteiger partial charge >= 0.3 is 0 Å². The average molecular weight is 277 g/mol. The molecule has 1 fully saturated rings. The molecular formula is C17H27NO2. The van der Waals surface area contributed by atoms with Crippen molar-refractivity contribution in [2.75, 3.05) is 13.2 Å². The number of hydrogen-bond donors (Lipinski definition) is 2. The summed E-state index contributed by atoms with van der Waals surface area (Å²) in [7, 11) is 0. The van der Waals surface area contributed by atoms with Gasteiger partial charge in [0, 0.05) is 12.6 Å². The highest BCUT2D eigenvalue weighted by molar-refractivity contribution is 5.35. The predicted molar refractivity (Wildman–Crippen MR) is 82.2 cm³/mol. The number of benzene rings is 1. The molecule has 0 radical (unpaired) electrons. The van der Waals surface area contributed by atoms with Crippen LogP contribution in [0.15, 0.2) is 18.2 Å². The van der Waals surface area contributed by atoms with Crippen molar-refractivity contribution in [3.63, 3.8) is 0 Å². The summed E-state index contributed by atoms with van der Waals surface area (Å²) >= 11 is 0. The van der Waals surface area contributed by atoms with Crippen molar-refractivity contribution >= 4 is 0 Å². The Kier molecular flexibility index (Phi) is 5.44. The molecule has 20 heavy (non-hydrogen) atoms. The number of aryl methyl sites for hydroxylation is 2. The lowest BCUT2D eigenvalue weighted by Crippen LogP contribution is -2.36. The van der Waals surface area contributed by atoms with E-state index < -0.39 is 6.10 Å². The van der Waals surface area contributed by atoms with Gasteiger partial charge in [0.15, 0.2) is 0 Å². The van der Waals surface area contributed by atoms with Crippen molar-refractivity contribution in [1.29, 1.82) is 0 Å². The quantitative estimate of drug-likeness (QED) is 0.768. The molecular weight excluding hydrogens is 250 g/mol. The van der Waals surface area contributed by atoms with Crippen LogP contribution in [0.1, 0.15) is 37.3 Å². The Hall–Kier alpha value is -1.06. The summed E-state index contributed by atoms with van der Waals surface area (Å²) in [6, 6.07) is 6.58. The van der Waals surface area contributed by atoms with Crippen molar-refractivity contribution < 1.29 is 9.84 Å². The van der Waals surface area contributed by atoms with Gasteiger partial charge in [0.1, 0.15) is 18.5 Å². The van der Waals surface area contributed by atoms with Crippen LogP contribution in [0.5, 0.6) is 5.75 Å². The van der Waals surface area contributed by atoms with Gasteiger partial charge in [-0.25, -0.2) is 0 Å². The number of rotatable bonds is 8. The van der Waals surface area contributed by atoms with Gasteiger partial charge in [0.05, 0.1) is 0 Å². The van der Waals surface area contributed by atoms with Crippen LogP contribution in [0.25, 0.3) is 0 Å². The molecule has 0 aliphatic heterocycles. The summed E-state index contributed by atoms with van der Waals surface area (Å²) in [5.74, 6) is 1.78. The zero-order valence-corrected chi connectivity index (χ0v) is 12.9. The molecule has 2 N–H and O–H groups in total. The van der Waals surface area contributed by atoms with Crippen molar-refractivity contribution in [3.05, 3.63) is 29.3 Å². The van der Waals surface area contributed by atoms with E-state index in [9.17, 15) is 5.11 Å². The van der Waals surface area contributed by atoms with E-state index in [4.69, 9.17) is 4.74 Å². The minimum absolute atomic E-state index is 0.340. The van der Waals surface area contributed by atoms with Crippen molar-refractivity contribution in [2.45, 2.75) is 52.2 Å². The zero-order valence-electron chi connectivity index (χ0n) is 12.9. The van der Waals surface area contributed by atoms with Crippen molar-refractivity contribution in [2.24, 2.45) is 5.92 Å². The molecule has 112 valence electrons. The summed E-state index contributed by atoms with van der Waals surface area (Å²) in [5.41, 5.74) is 2.35. The predicted octanol–water partition coefficient (Wildman–Crippen LogP) is 2.82. The number of nitrogens with one attached hydrogen (secondary N) is 1. The molecule has 0 aromatic heterocycles. The molecule has 0 bridgehead atoms. The number of ether oxygens (including phenoxy) is 1. The molecule has 1 aromatic rings. The van der Waals surface area contributed by atoms with Gasteiger partial charge in [-0.1, -0.05) is 30.5 Å². The van der Waals surface area contributed by atoms with Crippen LogP contribution in [0, 0.1) is 19.8 Å². The van der Waals surface area contributed by atoms with Crippen molar-refractivity contribution in [1.82, 2.24) is 5.32 Å². The Morgan fingerprint density at radius 2 is 2.10 bits per heavy atom. The molecule has 1 aliphatic rings. The second kappa shape index (κ2) is 7.09. The fraction of sp³-hybridized carbons (Fsp3) is 0.647. The molecule has 2 unspecified atom stereocenters. The first-order chi connectivity index (χ1) is 9.54. The van der Waals surface area contributed by atoms with E-state index in [-0.39, 0.29) is 0 Å². The molecule has 1 aromatic carbocycles. The normalized spacial score (nSPS) is 17.8. The summed E-state index contributed by atoms with van der Waals surface area (Å²) in [6.07, 6.45) is 3.52. The Morgan fingerprint density at radius 1 is 1.35 bits per heavy atom. The van der Waals surface area contributed by atoms with Crippen LogP contribution in [-0.4, -0.2) is 30.4 Å². The highest BCUT2D eigenvalue weighted by Crippen LogP contribution is 2.33. The lowest BCUT2D eigenvalue weighted by atomic mass is 10.1. The fourth-order valence-electron chi connectivity index (χ4n) is 2.48. The van der Waals surface area contributed by atoms with Gasteiger partial charge in [-0.3, -0.25) is 0 Å². The number of aliphatic hydroxyl groups excluding tert-OH is 1. The minimum atomic E-state index is -0.461. The molecule has 3 nitrogen and oxygen atoms in total. The monoisotopic (exact) mass is 277 g/mol. The Balaban J connectivity index is 1.67. The smallest absolute Gasteiger partial charge is 0.122 e. The zero-order chi connectivity index (χ0) is 14.5. The standard InChI is InChI=1S/C17H27NO2/c1-12-4-7-17(13(2)8-12)20-11-16(19)10-18-14(3)9-15-5-6-15/h4,7-8,14-16,18-19H,5-6,9-11H2,1-3H3. The van der Waals surface area contributed by atoms with Gasteiger partial charge < -0.3 is 15.2 Å². The molecule has 3 heteroatoms. The molecule has 0 spiro atoms. The van der Waals surface area contributed by atoms with Gasteiger partial charge in [0.2, 0.25) is 0 Å². The van der Waals surface area contributed by atoms with E-state index in [1.165, 1.54) is 24.8 Å². The second-order valence-corrected chi connectivity index (χ2v) is 6.22. The van der Waals surface area contributed by atoms with Crippen molar-refractivity contribution in [3.8, 4) is 5.75 Å². The maximum Gasteiger partial charge on any atom is 0.122 e. The highest BCUT2D eigenvalue weighted by Gasteiger charge is 2.23. The van der Waals surface area contributed by atoms with Crippen LogP contribution in [0.2, 0.25) is 0 Å². The largest absolute Gasteiger partial charge is 0.491 e. The van der Waals surface area contributed by atoms with Crippen LogP contribution in [0.3, 0.4) is 0 Å². The molecule has 0 heterocycles. The first-order valence-electron chi connectivity index (χ1n) is 7.66. The highest BCUT2D eigenvalue weighted by atomic mass is 16.5. The molecule has 0 saturated heterocycles. The van der Waals surface area contributed by atoms with Gasteiger partial charge in [-0.2, -0.15) is 0 Å². The molecule has 1 aliphatic carbocycles. The van der Waals surface area contributed by atoms with E-state index in [1.807, 2.05) is 19.1 Å². The molecule has 2 atom stereocenters. The number of hydrogen-bond acceptors (Lipinski definition) is 3. The first kappa shape index (κ1) is 15.3. The third-order valence-corrected chi connectivity index (χ3v) is 3.85. The molecule has 2 rings (SSSR count). The van der Waals surface area contributed by atoms with Crippen LogP contribution < -0.4 is 10.1 Å². The van der Waals surface area contributed by atoms with E-state index in [2.05, 4.69) is 25.2 Å². The first-order valence-corrected chi connectivity index (χ1v) is 7.66. The van der Waals surface area contributed by atoms with Crippen LogP contribution >= 0.6 is 0 Å². The van der Waals surface area contributed by atoms with E-state index in [0.29, 0.717) is 19.2 Å². The Morgan fingerprint density at radius 3 is 2.75 bits per heavy atom. The van der Waals surface area contributed by atoms with Gasteiger partial charge in [-0.05, 0) is 44.7 Å². The van der Waals surface area contributed by atoms with E-state index >= 15 is 0 Å². The van der Waals surface area contributed by atoms with Crippen LogP contribution in [-0.2, 0) is 0 Å². The van der Waals surface area contributed by atoms with E-state index in [0.717, 1.165) is 17.2 Å². The maximum atomic E-state index is 9.97. The maximum absolute atomic E-state index is 9.97. The Bertz CT molecular complexity index is 429. The average Bonchev–Trinajstić information content (AvgIpc) is 3.19. The lowest BCUT2D eigenvalue weighted by molar-refractivity contribution is 0.103. The van der Waals surface area contributed by atoms with E-state index in [1.54, 1.807) is 0 Å². The number of aliphatic hydroxyl groups is 1. The van der Waals surface area contributed by atoms with Gasteiger partial charge in [0.25, 0.3) is 0 Å². The molecule has 0 amide bonds. The van der Waals surface area contributed by atoms with Gasteiger partial charge in [-0.15, -0.1) is 0 Å². The third-order valence-electron chi connectivity index (χ3n) is 3.85. The Labute approximate surface area is 122 Å². The summed E-state index contributed by atoms with van der Waals surface area (Å²) in [4.78, 5) is 0. The SMILES string of the molecule is Cc1ccc(OCC(O)CNC(C)CC2CC2)c(C)c1.